The number of thioether (sulfide) groups is 1. The Hall–Kier alpha value is 0.190. The first-order valence-corrected chi connectivity index (χ1v) is 7.17. The molecule has 3 N–H and O–H groups in total. The van der Waals surface area contributed by atoms with Crippen LogP contribution in [0.2, 0.25) is 0 Å². The molecular formula is C11H24N2O2S. The van der Waals surface area contributed by atoms with Crippen molar-refractivity contribution >= 4 is 11.8 Å². The molecule has 1 aliphatic heterocycles. The molecule has 0 saturated carbocycles. The van der Waals surface area contributed by atoms with Gasteiger partial charge in [0, 0.05) is 45.1 Å². The lowest BCUT2D eigenvalue weighted by Crippen LogP contribution is -2.46. The Bertz CT molecular complexity index is 177. The standard InChI is InChI=1S/C11H24N2O2S/c1-10(7-14)8-16-9-11(15)6-13-4-2-12-3-5-13/h10-12,14-15H,2-9H2,1H3. The van der Waals surface area contributed by atoms with E-state index in [0.717, 1.165) is 44.2 Å². The van der Waals surface area contributed by atoms with Crippen LogP contribution < -0.4 is 5.32 Å². The molecule has 1 saturated heterocycles. The summed E-state index contributed by atoms with van der Waals surface area (Å²) in [5, 5.41) is 22.0. The molecule has 0 amide bonds. The quantitative estimate of drug-likeness (QED) is 0.573. The highest BCUT2D eigenvalue weighted by molar-refractivity contribution is 7.99. The molecule has 0 spiro atoms. The molecule has 0 aliphatic carbocycles. The van der Waals surface area contributed by atoms with Crippen LogP contribution in [0.3, 0.4) is 0 Å². The number of piperazine rings is 1. The van der Waals surface area contributed by atoms with Crippen LogP contribution in [-0.4, -0.2) is 72.1 Å². The van der Waals surface area contributed by atoms with Gasteiger partial charge in [-0.3, -0.25) is 4.90 Å². The molecule has 2 unspecified atom stereocenters. The predicted octanol–water partition coefficient (Wildman–Crippen LogP) is -0.386. The van der Waals surface area contributed by atoms with Crippen molar-refractivity contribution < 1.29 is 10.2 Å². The van der Waals surface area contributed by atoms with E-state index in [2.05, 4.69) is 10.2 Å². The monoisotopic (exact) mass is 248 g/mol. The van der Waals surface area contributed by atoms with Gasteiger partial charge in [0.1, 0.15) is 0 Å². The largest absolute Gasteiger partial charge is 0.396 e. The maximum atomic E-state index is 9.84. The molecule has 96 valence electrons. The van der Waals surface area contributed by atoms with Gasteiger partial charge in [0.05, 0.1) is 6.10 Å². The van der Waals surface area contributed by atoms with Crippen LogP contribution in [0.5, 0.6) is 0 Å². The Kier molecular flexibility index (Phi) is 7.40. The minimum absolute atomic E-state index is 0.237. The fourth-order valence-electron chi connectivity index (χ4n) is 1.70. The topological polar surface area (TPSA) is 55.7 Å². The number of rotatable bonds is 7. The Labute approximate surface area is 102 Å². The first-order chi connectivity index (χ1) is 7.72. The van der Waals surface area contributed by atoms with Crippen LogP contribution in [-0.2, 0) is 0 Å². The summed E-state index contributed by atoms with van der Waals surface area (Å²) in [6.45, 7) is 7.17. The molecule has 0 aromatic heterocycles. The predicted molar refractivity (Wildman–Crippen MR) is 68.9 cm³/mol. The zero-order chi connectivity index (χ0) is 11.8. The summed E-state index contributed by atoms with van der Waals surface area (Å²) < 4.78 is 0. The van der Waals surface area contributed by atoms with Crippen molar-refractivity contribution in [3.63, 3.8) is 0 Å². The number of aliphatic hydroxyl groups excluding tert-OH is 2. The lowest BCUT2D eigenvalue weighted by atomic mass is 10.2. The molecule has 5 heteroatoms. The molecule has 1 heterocycles. The van der Waals surface area contributed by atoms with Crippen LogP contribution >= 0.6 is 11.8 Å². The Morgan fingerprint density at radius 3 is 2.62 bits per heavy atom. The van der Waals surface area contributed by atoms with E-state index in [1.165, 1.54) is 0 Å². The van der Waals surface area contributed by atoms with Crippen molar-refractivity contribution in [2.75, 3.05) is 50.8 Å². The van der Waals surface area contributed by atoms with Crippen LogP contribution in [0.25, 0.3) is 0 Å². The second-order valence-electron chi connectivity index (χ2n) is 4.53. The third-order valence-corrected chi connectivity index (χ3v) is 4.13. The molecule has 2 atom stereocenters. The van der Waals surface area contributed by atoms with E-state index in [1.54, 1.807) is 11.8 Å². The van der Waals surface area contributed by atoms with Gasteiger partial charge in [-0.25, -0.2) is 0 Å². The zero-order valence-electron chi connectivity index (χ0n) is 10.1. The average molecular weight is 248 g/mol. The van der Waals surface area contributed by atoms with Crippen LogP contribution in [0, 0.1) is 5.92 Å². The van der Waals surface area contributed by atoms with Crippen molar-refractivity contribution in [1.82, 2.24) is 10.2 Å². The molecule has 0 aromatic carbocycles. The van der Waals surface area contributed by atoms with Crippen LogP contribution in [0.15, 0.2) is 0 Å². The van der Waals surface area contributed by atoms with Gasteiger partial charge in [-0.2, -0.15) is 11.8 Å². The fraction of sp³-hybridized carbons (Fsp3) is 1.00. The van der Waals surface area contributed by atoms with E-state index in [1.807, 2.05) is 6.92 Å². The number of nitrogens with zero attached hydrogens (tertiary/aromatic N) is 1. The average Bonchev–Trinajstić information content (AvgIpc) is 2.30. The van der Waals surface area contributed by atoms with Gasteiger partial charge in [-0.15, -0.1) is 0 Å². The van der Waals surface area contributed by atoms with E-state index in [9.17, 15) is 5.11 Å². The van der Waals surface area contributed by atoms with E-state index in [4.69, 9.17) is 5.11 Å². The van der Waals surface area contributed by atoms with Crippen LogP contribution in [0.1, 0.15) is 6.92 Å². The van der Waals surface area contributed by atoms with Gasteiger partial charge < -0.3 is 15.5 Å². The van der Waals surface area contributed by atoms with Crippen molar-refractivity contribution in [2.24, 2.45) is 5.92 Å². The summed E-state index contributed by atoms with van der Waals surface area (Å²) in [6, 6.07) is 0. The fourth-order valence-corrected chi connectivity index (χ4v) is 2.72. The molecule has 0 aromatic rings. The summed E-state index contributed by atoms with van der Waals surface area (Å²) in [5.41, 5.74) is 0. The molecule has 0 bridgehead atoms. The van der Waals surface area contributed by atoms with Gasteiger partial charge in [-0.1, -0.05) is 6.92 Å². The third kappa shape index (κ3) is 6.06. The summed E-state index contributed by atoms with van der Waals surface area (Å²) >= 11 is 1.73. The van der Waals surface area contributed by atoms with E-state index in [0.29, 0.717) is 5.92 Å². The molecule has 1 fully saturated rings. The molecular weight excluding hydrogens is 224 g/mol. The number of β-amino-alcohol motifs (C(OH)–C–C–N with tert-alkyl or cyclic N) is 1. The molecule has 1 aliphatic rings. The van der Waals surface area contributed by atoms with E-state index < -0.39 is 0 Å². The van der Waals surface area contributed by atoms with Crippen LogP contribution in [0.4, 0.5) is 0 Å². The first-order valence-electron chi connectivity index (χ1n) is 6.02. The second-order valence-corrected chi connectivity index (χ2v) is 5.60. The second kappa shape index (κ2) is 8.31. The number of hydrogen-bond acceptors (Lipinski definition) is 5. The molecule has 4 nitrogen and oxygen atoms in total. The summed E-state index contributed by atoms with van der Waals surface area (Å²) in [4.78, 5) is 2.30. The summed E-state index contributed by atoms with van der Waals surface area (Å²) in [5.74, 6) is 2.03. The molecule has 0 radical (unpaired) electrons. The SMILES string of the molecule is CC(CO)CSCC(O)CN1CCNCC1. The van der Waals surface area contributed by atoms with Crippen molar-refractivity contribution in [1.29, 1.82) is 0 Å². The first kappa shape index (κ1) is 14.3. The van der Waals surface area contributed by atoms with E-state index in [-0.39, 0.29) is 12.7 Å². The zero-order valence-corrected chi connectivity index (χ0v) is 10.9. The highest BCUT2D eigenvalue weighted by atomic mass is 32.2. The normalized spacial score (nSPS) is 21.9. The molecule has 16 heavy (non-hydrogen) atoms. The number of nitrogens with one attached hydrogen (secondary N) is 1. The van der Waals surface area contributed by atoms with Crippen molar-refractivity contribution in [2.45, 2.75) is 13.0 Å². The highest BCUT2D eigenvalue weighted by Crippen LogP contribution is 2.10. The summed E-state index contributed by atoms with van der Waals surface area (Å²) in [6.07, 6.45) is -0.242. The van der Waals surface area contributed by atoms with Gasteiger partial charge in [0.2, 0.25) is 0 Å². The minimum Gasteiger partial charge on any atom is -0.396 e. The lowest BCUT2D eigenvalue weighted by molar-refractivity contribution is 0.121. The smallest absolute Gasteiger partial charge is 0.0757 e. The lowest BCUT2D eigenvalue weighted by Gasteiger charge is -2.29. The summed E-state index contributed by atoms with van der Waals surface area (Å²) in [7, 11) is 0. The maximum Gasteiger partial charge on any atom is 0.0757 e. The maximum absolute atomic E-state index is 9.84. The van der Waals surface area contributed by atoms with Gasteiger partial charge >= 0.3 is 0 Å². The van der Waals surface area contributed by atoms with Gasteiger partial charge in [0.25, 0.3) is 0 Å². The molecule has 1 rings (SSSR count). The number of aliphatic hydroxyl groups is 2. The number of hydrogen-bond donors (Lipinski definition) is 3. The van der Waals surface area contributed by atoms with Crippen molar-refractivity contribution in [3.05, 3.63) is 0 Å². The highest BCUT2D eigenvalue weighted by Gasteiger charge is 2.14. The van der Waals surface area contributed by atoms with Gasteiger partial charge in [0.15, 0.2) is 0 Å². The Morgan fingerprint density at radius 2 is 2.00 bits per heavy atom. The third-order valence-electron chi connectivity index (χ3n) is 2.70. The van der Waals surface area contributed by atoms with E-state index >= 15 is 0 Å². The van der Waals surface area contributed by atoms with Crippen molar-refractivity contribution in [3.8, 4) is 0 Å². The van der Waals surface area contributed by atoms with Gasteiger partial charge in [-0.05, 0) is 11.7 Å². The minimum atomic E-state index is -0.242. The Morgan fingerprint density at radius 1 is 1.31 bits per heavy atom. The Balaban J connectivity index is 2.03.